The number of hydrogen-bond donors (Lipinski definition) is 1. The lowest BCUT2D eigenvalue weighted by Crippen LogP contribution is -2.39. The number of rotatable bonds is 9. The Morgan fingerprint density at radius 3 is 2.61 bits per heavy atom. The van der Waals surface area contributed by atoms with E-state index in [0.29, 0.717) is 36.5 Å². The maximum atomic E-state index is 9.61. The molecule has 1 N–H and O–H groups in total. The topological polar surface area (TPSA) is 65.6 Å². The third kappa shape index (κ3) is 5.71. The molecular weight excluding hydrogens is 388 g/mol. The molecule has 0 bridgehead atoms. The second kappa shape index (κ2) is 10.1. The Hall–Kier alpha value is -2.70. The zero-order chi connectivity index (χ0) is 21.6. The van der Waals surface area contributed by atoms with Gasteiger partial charge in [0.25, 0.3) is 0 Å². The van der Waals surface area contributed by atoms with E-state index in [2.05, 4.69) is 46.0 Å². The SMILES string of the molecule is CCN1CCC[C@H]1CN(Cc1ccc(O)cc1)Cc1nnc(Cc2ccccc2C)o1. The van der Waals surface area contributed by atoms with Crippen LogP contribution in [-0.4, -0.2) is 50.8 Å². The number of aryl methyl sites for hydroxylation is 1. The number of likely N-dealkylation sites (tertiary alicyclic amines) is 1. The molecule has 1 fully saturated rings. The Kier molecular flexibility index (Phi) is 6.99. The van der Waals surface area contributed by atoms with Crippen LogP contribution in [0.15, 0.2) is 52.9 Å². The number of benzene rings is 2. The molecule has 1 aliphatic heterocycles. The first-order valence-corrected chi connectivity index (χ1v) is 11.2. The molecule has 0 spiro atoms. The van der Waals surface area contributed by atoms with Gasteiger partial charge in [0.2, 0.25) is 11.8 Å². The number of likely N-dealkylation sites (N-methyl/N-ethyl adjacent to an activating group) is 1. The predicted molar refractivity (Wildman–Crippen MR) is 121 cm³/mol. The highest BCUT2D eigenvalue weighted by Gasteiger charge is 2.26. The van der Waals surface area contributed by atoms with Gasteiger partial charge in [0.15, 0.2) is 0 Å². The number of hydrogen-bond acceptors (Lipinski definition) is 6. The van der Waals surface area contributed by atoms with Crippen LogP contribution < -0.4 is 0 Å². The summed E-state index contributed by atoms with van der Waals surface area (Å²) in [6.45, 7) is 8.96. The van der Waals surface area contributed by atoms with E-state index in [1.54, 1.807) is 12.1 Å². The van der Waals surface area contributed by atoms with Crippen LogP contribution in [0.5, 0.6) is 5.75 Å². The van der Waals surface area contributed by atoms with Crippen molar-refractivity contribution in [3.8, 4) is 5.75 Å². The van der Waals surface area contributed by atoms with Gasteiger partial charge in [-0.3, -0.25) is 9.80 Å². The Bertz CT molecular complexity index is 970. The molecule has 0 aliphatic carbocycles. The number of phenols is 1. The standard InChI is InChI=1S/C25H32N4O2/c1-3-29-14-6-9-22(29)17-28(16-20-10-12-23(30)13-11-20)18-25-27-26-24(31-25)15-21-8-5-4-7-19(21)2/h4-5,7-8,10-13,22,30H,3,6,9,14-18H2,1-2H3/t22-/m0/s1. The molecular formula is C25H32N4O2. The van der Waals surface area contributed by atoms with E-state index in [9.17, 15) is 5.11 Å². The van der Waals surface area contributed by atoms with Crippen molar-refractivity contribution in [2.45, 2.75) is 52.2 Å². The van der Waals surface area contributed by atoms with E-state index in [-0.39, 0.29) is 0 Å². The van der Waals surface area contributed by atoms with Crippen LogP contribution in [-0.2, 0) is 19.5 Å². The average Bonchev–Trinajstić information content (AvgIpc) is 3.40. The van der Waals surface area contributed by atoms with Crippen molar-refractivity contribution in [1.82, 2.24) is 20.0 Å². The van der Waals surface area contributed by atoms with Crippen molar-refractivity contribution in [2.75, 3.05) is 19.6 Å². The summed E-state index contributed by atoms with van der Waals surface area (Å²) in [6, 6.07) is 16.3. The van der Waals surface area contributed by atoms with Gasteiger partial charge in [-0.15, -0.1) is 10.2 Å². The lowest BCUT2D eigenvalue weighted by atomic mass is 10.1. The van der Waals surface area contributed by atoms with Crippen molar-refractivity contribution >= 4 is 0 Å². The summed E-state index contributed by atoms with van der Waals surface area (Å²) in [7, 11) is 0. The maximum absolute atomic E-state index is 9.61. The van der Waals surface area contributed by atoms with Gasteiger partial charge in [-0.1, -0.05) is 43.3 Å². The van der Waals surface area contributed by atoms with E-state index < -0.39 is 0 Å². The Morgan fingerprint density at radius 1 is 1.06 bits per heavy atom. The second-order valence-corrected chi connectivity index (χ2v) is 8.45. The fourth-order valence-corrected chi connectivity index (χ4v) is 4.45. The second-order valence-electron chi connectivity index (χ2n) is 8.45. The highest BCUT2D eigenvalue weighted by atomic mass is 16.4. The van der Waals surface area contributed by atoms with E-state index >= 15 is 0 Å². The molecule has 0 unspecified atom stereocenters. The number of phenolic OH excluding ortho intramolecular Hbond substituents is 1. The van der Waals surface area contributed by atoms with Crippen molar-refractivity contribution in [2.24, 2.45) is 0 Å². The molecule has 6 heteroatoms. The molecule has 0 amide bonds. The monoisotopic (exact) mass is 420 g/mol. The van der Waals surface area contributed by atoms with Crippen LogP contribution in [0, 0.1) is 6.92 Å². The largest absolute Gasteiger partial charge is 0.508 e. The summed E-state index contributed by atoms with van der Waals surface area (Å²) in [5.74, 6) is 1.61. The van der Waals surface area contributed by atoms with Gasteiger partial charge in [0.1, 0.15) is 5.75 Å². The summed E-state index contributed by atoms with van der Waals surface area (Å²) in [5.41, 5.74) is 3.61. The highest BCUT2D eigenvalue weighted by Crippen LogP contribution is 2.21. The van der Waals surface area contributed by atoms with Crippen molar-refractivity contribution in [3.05, 3.63) is 77.0 Å². The van der Waals surface area contributed by atoms with Gasteiger partial charge in [0.05, 0.1) is 13.0 Å². The van der Waals surface area contributed by atoms with Gasteiger partial charge in [-0.05, 0) is 61.7 Å². The first-order valence-electron chi connectivity index (χ1n) is 11.2. The number of nitrogens with zero attached hydrogens (tertiary/aromatic N) is 4. The van der Waals surface area contributed by atoms with E-state index in [1.807, 2.05) is 24.3 Å². The first kappa shape index (κ1) is 21.5. The van der Waals surface area contributed by atoms with Crippen molar-refractivity contribution in [3.63, 3.8) is 0 Å². The maximum Gasteiger partial charge on any atom is 0.230 e. The average molecular weight is 421 g/mol. The molecule has 6 nitrogen and oxygen atoms in total. The summed E-state index contributed by atoms with van der Waals surface area (Å²) in [4.78, 5) is 4.94. The fraction of sp³-hybridized carbons (Fsp3) is 0.440. The molecule has 1 aliphatic rings. The minimum Gasteiger partial charge on any atom is -0.508 e. The van der Waals surface area contributed by atoms with Crippen LogP contribution in [0.3, 0.4) is 0 Å². The first-order chi connectivity index (χ1) is 15.1. The van der Waals surface area contributed by atoms with Crippen LogP contribution >= 0.6 is 0 Å². The van der Waals surface area contributed by atoms with Gasteiger partial charge < -0.3 is 9.52 Å². The normalized spacial score (nSPS) is 16.9. The predicted octanol–water partition coefficient (Wildman–Crippen LogP) is 4.16. The zero-order valence-electron chi connectivity index (χ0n) is 18.5. The van der Waals surface area contributed by atoms with E-state index in [1.165, 1.54) is 36.1 Å². The molecule has 3 aromatic rings. The van der Waals surface area contributed by atoms with Crippen LogP contribution in [0.4, 0.5) is 0 Å². The summed E-state index contributed by atoms with van der Waals surface area (Å²) in [6.07, 6.45) is 3.14. The minimum absolute atomic E-state index is 0.293. The molecule has 164 valence electrons. The molecule has 1 saturated heterocycles. The third-order valence-corrected chi connectivity index (χ3v) is 6.19. The van der Waals surface area contributed by atoms with Crippen molar-refractivity contribution in [1.29, 1.82) is 0 Å². The van der Waals surface area contributed by atoms with Gasteiger partial charge >= 0.3 is 0 Å². The Morgan fingerprint density at radius 2 is 1.84 bits per heavy atom. The molecule has 31 heavy (non-hydrogen) atoms. The van der Waals surface area contributed by atoms with E-state index in [0.717, 1.165) is 19.6 Å². The molecule has 0 saturated carbocycles. The quantitative estimate of drug-likeness (QED) is 0.561. The molecule has 0 radical (unpaired) electrons. The lowest BCUT2D eigenvalue weighted by molar-refractivity contribution is 0.155. The summed E-state index contributed by atoms with van der Waals surface area (Å²) < 4.78 is 6.03. The molecule has 2 aromatic carbocycles. The minimum atomic E-state index is 0.293. The Balaban J connectivity index is 1.46. The number of aromatic nitrogens is 2. The van der Waals surface area contributed by atoms with Gasteiger partial charge in [0, 0.05) is 19.1 Å². The van der Waals surface area contributed by atoms with Crippen molar-refractivity contribution < 1.29 is 9.52 Å². The van der Waals surface area contributed by atoms with Gasteiger partial charge in [-0.25, -0.2) is 0 Å². The molecule has 1 atom stereocenters. The molecule has 2 heterocycles. The van der Waals surface area contributed by atoms with E-state index in [4.69, 9.17) is 4.42 Å². The van der Waals surface area contributed by atoms with Crippen LogP contribution in [0.2, 0.25) is 0 Å². The number of aromatic hydroxyl groups is 1. The highest BCUT2D eigenvalue weighted by molar-refractivity contribution is 5.28. The Labute approximate surface area is 184 Å². The fourth-order valence-electron chi connectivity index (χ4n) is 4.45. The third-order valence-electron chi connectivity index (χ3n) is 6.19. The summed E-state index contributed by atoms with van der Waals surface area (Å²) in [5, 5.41) is 18.3. The smallest absolute Gasteiger partial charge is 0.230 e. The zero-order valence-corrected chi connectivity index (χ0v) is 18.5. The van der Waals surface area contributed by atoms with Crippen LogP contribution in [0.25, 0.3) is 0 Å². The molecule has 1 aromatic heterocycles. The van der Waals surface area contributed by atoms with Crippen LogP contribution in [0.1, 0.15) is 48.2 Å². The molecule has 4 rings (SSSR count). The lowest BCUT2D eigenvalue weighted by Gasteiger charge is -2.29. The van der Waals surface area contributed by atoms with Gasteiger partial charge in [-0.2, -0.15) is 0 Å². The summed E-state index contributed by atoms with van der Waals surface area (Å²) >= 11 is 0.